The normalized spacial score (nSPS) is 35.6. The second-order valence-electron chi connectivity index (χ2n) is 11.7. The van der Waals surface area contributed by atoms with Crippen LogP contribution < -0.4 is 5.32 Å². The zero-order valence-corrected chi connectivity index (χ0v) is 22.9. The van der Waals surface area contributed by atoms with Crippen LogP contribution in [0.25, 0.3) is 11.0 Å². The van der Waals surface area contributed by atoms with Gasteiger partial charge in [-0.2, -0.15) is 0 Å². The van der Waals surface area contributed by atoms with Crippen LogP contribution in [0.2, 0.25) is 0 Å². The molecule has 1 aromatic carbocycles. The molecule has 3 aliphatic heterocycles. The summed E-state index contributed by atoms with van der Waals surface area (Å²) in [4.78, 5) is 8.28. The fourth-order valence-electron chi connectivity index (χ4n) is 8.23. The number of nitrogens with one attached hydrogen (secondary N) is 1. The number of para-hydroxylation sites is 2. The lowest BCUT2D eigenvalue weighted by Crippen LogP contribution is -2.58. The highest BCUT2D eigenvalue weighted by atomic mass is 15.3. The summed E-state index contributed by atoms with van der Waals surface area (Å²) in [7, 11) is 0. The van der Waals surface area contributed by atoms with Gasteiger partial charge in [0.2, 0.25) is 0 Å². The molecule has 4 heteroatoms. The Morgan fingerprint density at radius 1 is 0.800 bits per heavy atom. The number of rotatable bonds is 5. The Morgan fingerprint density at radius 2 is 1.49 bits per heavy atom. The average Bonchev–Trinajstić information content (AvgIpc) is 3.57. The molecule has 1 aliphatic carbocycles. The van der Waals surface area contributed by atoms with E-state index >= 15 is 0 Å². The number of benzene rings is 1. The zero-order chi connectivity index (χ0) is 24.4. The largest absolute Gasteiger partial charge is 0.323 e. The molecule has 2 bridgehead atoms. The first-order valence-corrected chi connectivity index (χ1v) is 15.2. The topological polar surface area (TPSA) is 33.1 Å². The van der Waals surface area contributed by atoms with Crippen LogP contribution in [0.1, 0.15) is 123 Å². The first-order chi connectivity index (χ1) is 17.2. The van der Waals surface area contributed by atoms with Gasteiger partial charge in [0.25, 0.3) is 0 Å². The maximum atomic E-state index is 5.20. The van der Waals surface area contributed by atoms with E-state index in [9.17, 15) is 0 Å². The number of aromatic nitrogens is 2. The third-order valence-electron chi connectivity index (χ3n) is 9.82. The Morgan fingerprint density at radius 3 is 2.11 bits per heavy atom. The van der Waals surface area contributed by atoms with Crippen LogP contribution in [-0.2, 0) is 0 Å². The summed E-state index contributed by atoms with van der Waals surface area (Å²) in [5, 5.41) is 3.75. The quantitative estimate of drug-likeness (QED) is 0.479. The second kappa shape index (κ2) is 11.3. The zero-order valence-electron chi connectivity index (χ0n) is 22.9. The lowest BCUT2D eigenvalue weighted by atomic mass is 9.72. The van der Waals surface area contributed by atoms with Crippen LogP contribution in [0.3, 0.4) is 0 Å². The number of hydrogen-bond donors (Lipinski definition) is 1. The smallest absolute Gasteiger partial charge is 0.127 e. The average molecular weight is 479 g/mol. The number of imidazole rings is 1. The minimum atomic E-state index is 0.434. The Balaban J connectivity index is 0.00000124. The molecule has 0 amide bonds. The van der Waals surface area contributed by atoms with Crippen molar-refractivity contribution in [3.63, 3.8) is 0 Å². The Hall–Kier alpha value is -1.39. The van der Waals surface area contributed by atoms with Gasteiger partial charge in [0.05, 0.1) is 17.1 Å². The summed E-state index contributed by atoms with van der Waals surface area (Å²) in [5.74, 6) is 3.22. The summed E-state index contributed by atoms with van der Waals surface area (Å²) < 4.78 is 2.70. The van der Waals surface area contributed by atoms with E-state index in [0.717, 1.165) is 36.5 Å². The fourth-order valence-corrected chi connectivity index (χ4v) is 8.23. The highest BCUT2D eigenvalue weighted by Crippen LogP contribution is 2.46. The van der Waals surface area contributed by atoms with Crippen molar-refractivity contribution < 1.29 is 0 Å². The Labute approximate surface area is 214 Å². The van der Waals surface area contributed by atoms with Crippen LogP contribution in [-0.4, -0.2) is 39.1 Å². The van der Waals surface area contributed by atoms with E-state index in [1.165, 1.54) is 93.9 Å². The van der Waals surface area contributed by atoms with Gasteiger partial charge in [0.15, 0.2) is 0 Å². The van der Waals surface area contributed by atoms with Crippen molar-refractivity contribution >= 4 is 11.0 Å². The van der Waals surface area contributed by atoms with Crippen LogP contribution in [0.15, 0.2) is 24.3 Å². The molecule has 0 spiro atoms. The molecule has 1 aromatic heterocycles. The molecule has 3 saturated heterocycles. The highest BCUT2D eigenvalue weighted by molar-refractivity contribution is 5.76. The minimum Gasteiger partial charge on any atom is -0.323 e. The molecule has 4 nitrogen and oxygen atoms in total. The molecule has 194 valence electrons. The molecule has 5 atom stereocenters. The van der Waals surface area contributed by atoms with Gasteiger partial charge in [-0.1, -0.05) is 59.1 Å². The van der Waals surface area contributed by atoms with Crippen molar-refractivity contribution in [1.29, 1.82) is 0 Å². The van der Waals surface area contributed by atoms with Crippen molar-refractivity contribution in [2.75, 3.05) is 6.54 Å². The van der Waals surface area contributed by atoms with Gasteiger partial charge in [-0.3, -0.25) is 4.90 Å². The van der Waals surface area contributed by atoms with E-state index in [-0.39, 0.29) is 0 Å². The van der Waals surface area contributed by atoms with E-state index in [1.54, 1.807) is 0 Å². The summed E-state index contributed by atoms with van der Waals surface area (Å²) >= 11 is 0. The molecular weight excluding hydrogens is 428 g/mol. The second-order valence-corrected chi connectivity index (χ2v) is 11.7. The predicted octanol–water partition coefficient (Wildman–Crippen LogP) is 7.65. The van der Waals surface area contributed by atoms with Crippen LogP contribution in [0, 0.1) is 11.8 Å². The summed E-state index contributed by atoms with van der Waals surface area (Å²) in [5.41, 5.74) is 2.56. The van der Waals surface area contributed by atoms with Crippen molar-refractivity contribution in [2.45, 2.75) is 135 Å². The van der Waals surface area contributed by atoms with E-state index < -0.39 is 0 Å². The van der Waals surface area contributed by atoms with Crippen LogP contribution in [0.4, 0.5) is 0 Å². The molecule has 1 saturated carbocycles. The minimum absolute atomic E-state index is 0.434. The molecule has 4 aliphatic rings. The Kier molecular flexibility index (Phi) is 8.18. The highest BCUT2D eigenvalue weighted by Gasteiger charge is 2.45. The third kappa shape index (κ3) is 4.94. The van der Waals surface area contributed by atoms with Crippen molar-refractivity contribution in [3.05, 3.63) is 30.1 Å². The molecular formula is C31H50N4. The number of fused-ring (bicyclic) bond motifs is 3. The van der Waals surface area contributed by atoms with E-state index in [4.69, 9.17) is 4.98 Å². The number of nitrogens with zero attached hydrogens (tertiary/aromatic N) is 3. The van der Waals surface area contributed by atoms with Gasteiger partial charge in [-0.05, 0) is 88.3 Å². The molecule has 6 rings (SSSR count). The lowest BCUT2D eigenvalue weighted by molar-refractivity contribution is -0.0431. The maximum absolute atomic E-state index is 5.20. The molecule has 4 heterocycles. The maximum Gasteiger partial charge on any atom is 0.127 e. The van der Waals surface area contributed by atoms with E-state index in [0.29, 0.717) is 12.1 Å². The molecule has 2 aromatic rings. The SMILES string of the molecule is CC.CCC1CC(CC)CC(N2C3CCCC2CC(n2c(C4CCCN4)nc4ccccc42)C3)C1. The van der Waals surface area contributed by atoms with Gasteiger partial charge in [0, 0.05) is 24.2 Å². The standard InChI is InChI=1S/C29H44N4.C2H6/c1-3-20-15-21(4-2)17-24(16-20)32-22-9-7-10-23(32)19-25(18-22)33-28-13-6-5-11-26(28)31-29(33)27-12-8-14-30-27;1-2/h5-6,11,13,20-25,27,30H,3-4,7-10,12,14-19H2,1-2H3;1-2H3. The molecule has 1 N–H and O–H groups in total. The van der Waals surface area contributed by atoms with Crippen molar-refractivity contribution in [1.82, 2.24) is 19.8 Å². The number of hydrogen-bond acceptors (Lipinski definition) is 3. The number of piperidine rings is 2. The lowest BCUT2D eigenvalue weighted by Gasteiger charge is -2.55. The van der Waals surface area contributed by atoms with Gasteiger partial charge in [-0.25, -0.2) is 4.98 Å². The van der Waals surface area contributed by atoms with E-state index in [1.807, 2.05) is 13.8 Å². The third-order valence-corrected chi connectivity index (χ3v) is 9.82. The summed E-state index contributed by atoms with van der Waals surface area (Å²) in [6.45, 7) is 9.99. The Bertz CT molecular complexity index is 919. The van der Waals surface area contributed by atoms with Crippen molar-refractivity contribution in [2.24, 2.45) is 11.8 Å². The monoisotopic (exact) mass is 478 g/mol. The van der Waals surface area contributed by atoms with Crippen LogP contribution in [0.5, 0.6) is 0 Å². The van der Waals surface area contributed by atoms with Gasteiger partial charge >= 0.3 is 0 Å². The van der Waals surface area contributed by atoms with Gasteiger partial charge in [0.1, 0.15) is 5.82 Å². The molecule has 35 heavy (non-hydrogen) atoms. The van der Waals surface area contributed by atoms with Crippen molar-refractivity contribution in [3.8, 4) is 0 Å². The first-order valence-electron chi connectivity index (χ1n) is 15.2. The molecule has 5 unspecified atom stereocenters. The van der Waals surface area contributed by atoms with Gasteiger partial charge in [-0.15, -0.1) is 0 Å². The molecule has 0 radical (unpaired) electrons. The summed E-state index contributed by atoms with van der Waals surface area (Å²) in [6, 6.07) is 12.3. The predicted molar refractivity (Wildman–Crippen MR) is 148 cm³/mol. The van der Waals surface area contributed by atoms with Gasteiger partial charge < -0.3 is 9.88 Å². The summed E-state index contributed by atoms with van der Waals surface area (Å²) in [6.07, 6.45) is 16.5. The fraction of sp³-hybridized carbons (Fsp3) is 0.774. The first kappa shape index (κ1) is 25.3. The molecule has 4 fully saturated rings. The van der Waals surface area contributed by atoms with E-state index in [2.05, 4.69) is 52.9 Å². The van der Waals surface area contributed by atoms with Crippen LogP contribution >= 0.6 is 0 Å².